The number of carboxylic acid groups (broad SMARTS) is 1. The maximum Gasteiger partial charge on any atom is 0.329 e. The van der Waals surface area contributed by atoms with Crippen molar-refractivity contribution in [2.45, 2.75) is 57.4 Å². The van der Waals surface area contributed by atoms with E-state index in [1.807, 2.05) is 30.3 Å². The average molecular weight is 314 g/mol. The summed E-state index contributed by atoms with van der Waals surface area (Å²) in [5.41, 5.74) is 6.05. The van der Waals surface area contributed by atoms with Gasteiger partial charge in [0.05, 0.1) is 11.2 Å². The second kappa shape index (κ2) is 8.06. The summed E-state index contributed by atoms with van der Waals surface area (Å²) >= 11 is 0. The van der Waals surface area contributed by atoms with Crippen LogP contribution in [0.15, 0.2) is 36.4 Å². The van der Waals surface area contributed by atoms with Crippen LogP contribution in [0.5, 0.6) is 0 Å². The molecule has 2 rings (SSSR count). The number of hydrogen-bond acceptors (Lipinski definition) is 3. The molecule has 1 aromatic heterocycles. The third-order valence-electron chi connectivity index (χ3n) is 4.36. The predicted octanol–water partition coefficient (Wildman–Crippen LogP) is 4.22. The highest BCUT2D eigenvalue weighted by Gasteiger charge is 2.37. The third kappa shape index (κ3) is 4.29. The molecule has 1 heterocycles. The van der Waals surface area contributed by atoms with E-state index in [2.05, 4.69) is 11.9 Å². The zero-order chi connectivity index (χ0) is 16.7. The number of nitrogens with two attached hydrogens (primary N) is 1. The summed E-state index contributed by atoms with van der Waals surface area (Å²) in [6.07, 6.45) is 7.01. The lowest BCUT2D eigenvalue weighted by Crippen LogP contribution is -2.45. The van der Waals surface area contributed by atoms with Crippen molar-refractivity contribution in [3.05, 3.63) is 42.1 Å². The smallest absolute Gasteiger partial charge is 0.329 e. The van der Waals surface area contributed by atoms with Crippen LogP contribution in [-0.2, 0) is 10.3 Å². The summed E-state index contributed by atoms with van der Waals surface area (Å²) in [4.78, 5) is 16.3. The predicted molar refractivity (Wildman–Crippen MR) is 93.2 cm³/mol. The van der Waals surface area contributed by atoms with Gasteiger partial charge in [0, 0.05) is 5.39 Å². The lowest BCUT2D eigenvalue weighted by molar-refractivity contribution is -0.144. The lowest BCUT2D eigenvalue weighted by Gasteiger charge is -2.24. The molecule has 4 heteroatoms. The van der Waals surface area contributed by atoms with Crippen LogP contribution < -0.4 is 5.73 Å². The minimum atomic E-state index is -1.41. The number of fused-ring (bicyclic) bond motifs is 1. The first-order chi connectivity index (χ1) is 11.1. The summed E-state index contributed by atoms with van der Waals surface area (Å²) in [7, 11) is 0. The molecular weight excluding hydrogens is 288 g/mol. The van der Waals surface area contributed by atoms with Gasteiger partial charge in [0.25, 0.3) is 0 Å². The number of pyridine rings is 1. The number of para-hydroxylation sites is 1. The van der Waals surface area contributed by atoms with E-state index in [1.165, 1.54) is 19.3 Å². The molecule has 4 nitrogen and oxygen atoms in total. The van der Waals surface area contributed by atoms with Crippen molar-refractivity contribution >= 4 is 16.9 Å². The maximum atomic E-state index is 11.8. The summed E-state index contributed by atoms with van der Waals surface area (Å²) in [6.45, 7) is 2.18. The highest BCUT2D eigenvalue weighted by Crippen LogP contribution is 2.26. The minimum absolute atomic E-state index is 0.416. The molecule has 0 saturated carbocycles. The summed E-state index contributed by atoms with van der Waals surface area (Å²) in [6, 6.07) is 11.3. The van der Waals surface area contributed by atoms with Gasteiger partial charge in [0.1, 0.15) is 0 Å². The quantitative estimate of drug-likeness (QED) is 0.679. The van der Waals surface area contributed by atoms with Gasteiger partial charge in [-0.05, 0) is 18.6 Å². The van der Waals surface area contributed by atoms with Crippen molar-refractivity contribution in [2.24, 2.45) is 5.73 Å². The molecule has 0 fully saturated rings. The van der Waals surface area contributed by atoms with Gasteiger partial charge in [-0.25, -0.2) is 4.79 Å². The fourth-order valence-corrected chi connectivity index (χ4v) is 2.84. The Labute approximate surface area is 137 Å². The van der Waals surface area contributed by atoms with Crippen molar-refractivity contribution in [1.29, 1.82) is 0 Å². The second-order valence-corrected chi connectivity index (χ2v) is 6.18. The molecule has 0 radical (unpaired) electrons. The highest BCUT2D eigenvalue weighted by molar-refractivity contribution is 5.83. The average Bonchev–Trinajstić information content (AvgIpc) is 2.57. The van der Waals surface area contributed by atoms with Crippen LogP contribution in [0.1, 0.15) is 57.6 Å². The standard InChI is InChI=1S/C19H26N2O2/c1-2-3-4-5-6-9-14-19(20,18(22)23)17-13-12-15-10-7-8-11-16(15)21-17/h7-8,10-13H,2-6,9,14,20H2,1H3,(H,22,23). The zero-order valence-corrected chi connectivity index (χ0v) is 13.8. The number of nitrogens with zero attached hydrogens (tertiary/aromatic N) is 1. The van der Waals surface area contributed by atoms with Crippen molar-refractivity contribution in [1.82, 2.24) is 4.98 Å². The first-order valence-corrected chi connectivity index (χ1v) is 8.46. The number of unbranched alkanes of at least 4 members (excludes halogenated alkanes) is 5. The molecule has 3 N–H and O–H groups in total. The third-order valence-corrected chi connectivity index (χ3v) is 4.36. The van der Waals surface area contributed by atoms with Crippen LogP contribution in [0.2, 0.25) is 0 Å². The van der Waals surface area contributed by atoms with Crippen LogP contribution >= 0.6 is 0 Å². The molecule has 0 bridgehead atoms. The first kappa shape index (κ1) is 17.4. The molecule has 0 aliphatic carbocycles. The monoisotopic (exact) mass is 314 g/mol. The van der Waals surface area contributed by atoms with Gasteiger partial charge in [0.2, 0.25) is 0 Å². The Hall–Kier alpha value is -1.94. The topological polar surface area (TPSA) is 76.2 Å². The normalized spacial score (nSPS) is 13.8. The van der Waals surface area contributed by atoms with Crippen LogP contribution in [0, 0.1) is 0 Å². The number of hydrogen-bond donors (Lipinski definition) is 2. The second-order valence-electron chi connectivity index (χ2n) is 6.18. The van der Waals surface area contributed by atoms with E-state index in [9.17, 15) is 9.90 Å². The van der Waals surface area contributed by atoms with Gasteiger partial charge in [-0.3, -0.25) is 4.98 Å². The first-order valence-electron chi connectivity index (χ1n) is 8.46. The van der Waals surface area contributed by atoms with Gasteiger partial charge >= 0.3 is 5.97 Å². The Morgan fingerprint density at radius 1 is 1.09 bits per heavy atom. The van der Waals surface area contributed by atoms with Crippen molar-refractivity contribution in [2.75, 3.05) is 0 Å². The van der Waals surface area contributed by atoms with E-state index in [0.29, 0.717) is 12.1 Å². The lowest BCUT2D eigenvalue weighted by atomic mass is 9.88. The molecule has 124 valence electrons. The van der Waals surface area contributed by atoms with Gasteiger partial charge in [-0.2, -0.15) is 0 Å². The van der Waals surface area contributed by atoms with Gasteiger partial charge in [0.15, 0.2) is 5.54 Å². The molecule has 1 aromatic carbocycles. The van der Waals surface area contributed by atoms with Gasteiger partial charge in [-0.15, -0.1) is 0 Å². The number of aliphatic carboxylic acids is 1. The fraction of sp³-hybridized carbons (Fsp3) is 0.474. The number of aromatic nitrogens is 1. The van der Waals surface area contributed by atoms with E-state index < -0.39 is 11.5 Å². The number of benzene rings is 1. The Morgan fingerprint density at radius 3 is 2.52 bits per heavy atom. The molecule has 1 atom stereocenters. The molecule has 0 aliphatic heterocycles. The Bertz CT molecular complexity index is 657. The zero-order valence-electron chi connectivity index (χ0n) is 13.8. The number of carboxylic acids is 1. The molecule has 23 heavy (non-hydrogen) atoms. The molecule has 1 unspecified atom stereocenters. The molecule has 0 saturated heterocycles. The molecule has 0 amide bonds. The van der Waals surface area contributed by atoms with Crippen molar-refractivity contribution in [3.8, 4) is 0 Å². The van der Waals surface area contributed by atoms with E-state index in [0.717, 1.165) is 30.2 Å². The van der Waals surface area contributed by atoms with E-state index in [4.69, 9.17) is 5.73 Å². The van der Waals surface area contributed by atoms with Crippen LogP contribution in [0.25, 0.3) is 10.9 Å². The summed E-state index contributed by atoms with van der Waals surface area (Å²) in [5.74, 6) is -1.01. The van der Waals surface area contributed by atoms with Crippen molar-refractivity contribution in [3.63, 3.8) is 0 Å². The molecule has 2 aromatic rings. The Morgan fingerprint density at radius 2 is 1.78 bits per heavy atom. The molecule has 0 spiro atoms. The Kier molecular flexibility index (Phi) is 6.11. The van der Waals surface area contributed by atoms with Crippen LogP contribution in [0.3, 0.4) is 0 Å². The number of rotatable bonds is 9. The van der Waals surface area contributed by atoms with Crippen LogP contribution in [-0.4, -0.2) is 16.1 Å². The number of carbonyl (C=O) groups is 1. The molecule has 0 aliphatic rings. The van der Waals surface area contributed by atoms with Crippen molar-refractivity contribution < 1.29 is 9.90 Å². The van der Waals surface area contributed by atoms with Gasteiger partial charge < -0.3 is 10.8 Å². The summed E-state index contributed by atoms with van der Waals surface area (Å²) in [5, 5.41) is 10.6. The van der Waals surface area contributed by atoms with E-state index in [-0.39, 0.29) is 0 Å². The largest absolute Gasteiger partial charge is 0.480 e. The fourth-order valence-electron chi connectivity index (χ4n) is 2.84. The van der Waals surface area contributed by atoms with Crippen LogP contribution in [0.4, 0.5) is 0 Å². The Balaban J connectivity index is 2.10. The van der Waals surface area contributed by atoms with E-state index in [1.54, 1.807) is 6.07 Å². The summed E-state index contributed by atoms with van der Waals surface area (Å²) < 4.78 is 0. The van der Waals surface area contributed by atoms with E-state index >= 15 is 0 Å². The maximum absolute atomic E-state index is 11.8. The minimum Gasteiger partial charge on any atom is -0.480 e. The van der Waals surface area contributed by atoms with Gasteiger partial charge in [-0.1, -0.05) is 69.7 Å². The SMILES string of the molecule is CCCCCCCCC(N)(C(=O)O)c1ccc2ccccc2n1. The molecular formula is C19H26N2O2. The highest BCUT2D eigenvalue weighted by atomic mass is 16.4.